The zero-order valence-electron chi connectivity index (χ0n) is 9.98. The molecule has 7 heteroatoms. The fraction of sp³-hybridized carbons (Fsp3) is 0.455. The van der Waals surface area contributed by atoms with E-state index in [9.17, 15) is 9.59 Å². The summed E-state index contributed by atoms with van der Waals surface area (Å²) in [4.78, 5) is 23.4. The topological polar surface area (TPSA) is 82.8 Å². The van der Waals surface area contributed by atoms with Crippen molar-refractivity contribution < 1.29 is 19.1 Å². The van der Waals surface area contributed by atoms with E-state index >= 15 is 0 Å². The number of nitrogens with zero attached hydrogens (tertiary/aromatic N) is 1. The fourth-order valence-corrected chi connectivity index (χ4v) is 1.65. The summed E-state index contributed by atoms with van der Waals surface area (Å²) in [6.07, 6.45) is 0.469. The number of amides is 2. The zero-order chi connectivity index (χ0) is 13.5. The Hall–Kier alpha value is -1.50. The number of carbonyl (C=O) groups excluding carboxylic acids is 1. The second-order valence-electron chi connectivity index (χ2n) is 3.79. The predicted molar refractivity (Wildman–Crippen MR) is 68.1 cm³/mol. The number of furan rings is 1. The number of rotatable bonds is 6. The number of aliphatic carboxylic acids is 1. The third kappa shape index (κ3) is 5.22. The van der Waals surface area contributed by atoms with Crippen LogP contribution in [0.2, 0.25) is 0 Å². The van der Waals surface area contributed by atoms with Crippen molar-refractivity contribution in [1.82, 2.24) is 10.2 Å². The molecule has 18 heavy (non-hydrogen) atoms. The van der Waals surface area contributed by atoms with Gasteiger partial charge in [-0.25, -0.2) is 4.79 Å². The largest absolute Gasteiger partial charge is 0.481 e. The highest BCUT2D eigenvalue weighted by Gasteiger charge is 2.10. The summed E-state index contributed by atoms with van der Waals surface area (Å²) < 4.78 is 5.90. The van der Waals surface area contributed by atoms with Gasteiger partial charge in [0.15, 0.2) is 4.67 Å². The van der Waals surface area contributed by atoms with Crippen LogP contribution < -0.4 is 5.32 Å². The van der Waals surface area contributed by atoms with E-state index in [1.165, 1.54) is 4.90 Å². The van der Waals surface area contributed by atoms with Gasteiger partial charge >= 0.3 is 12.0 Å². The molecule has 0 aliphatic carbocycles. The zero-order valence-corrected chi connectivity index (χ0v) is 11.6. The van der Waals surface area contributed by atoms with Gasteiger partial charge in [0.25, 0.3) is 0 Å². The molecule has 0 aliphatic heterocycles. The minimum absolute atomic E-state index is 0.0507. The van der Waals surface area contributed by atoms with Crippen LogP contribution in [0.3, 0.4) is 0 Å². The average molecular weight is 319 g/mol. The van der Waals surface area contributed by atoms with Crippen molar-refractivity contribution in [2.45, 2.75) is 19.4 Å². The Bertz CT molecular complexity index is 419. The molecule has 0 radical (unpaired) electrons. The lowest BCUT2D eigenvalue weighted by Gasteiger charge is -2.16. The van der Waals surface area contributed by atoms with Crippen LogP contribution >= 0.6 is 15.9 Å². The van der Waals surface area contributed by atoms with Gasteiger partial charge in [0, 0.05) is 20.0 Å². The number of nitrogens with one attached hydrogen (secondary N) is 1. The van der Waals surface area contributed by atoms with E-state index in [4.69, 9.17) is 9.52 Å². The van der Waals surface area contributed by atoms with Gasteiger partial charge < -0.3 is 19.7 Å². The lowest BCUT2D eigenvalue weighted by atomic mass is 10.3. The average Bonchev–Trinajstić information content (AvgIpc) is 2.69. The number of halogens is 1. The third-order valence-corrected chi connectivity index (χ3v) is 2.64. The minimum atomic E-state index is -0.863. The quantitative estimate of drug-likeness (QED) is 0.786. The summed E-state index contributed by atoms with van der Waals surface area (Å²) >= 11 is 3.18. The molecule has 0 atom stereocenters. The summed E-state index contributed by atoms with van der Waals surface area (Å²) in [5, 5.41) is 11.1. The van der Waals surface area contributed by atoms with Gasteiger partial charge in [-0.15, -0.1) is 0 Å². The van der Waals surface area contributed by atoms with E-state index in [0.29, 0.717) is 29.9 Å². The van der Waals surface area contributed by atoms with E-state index in [2.05, 4.69) is 21.2 Å². The summed E-state index contributed by atoms with van der Waals surface area (Å²) in [7, 11) is 1.64. The van der Waals surface area contributed by atoms with Crippen LogP contribution in [0, 0.1) is 0 Å². The van der Waals surface area contributed by atoms with Crippen LogP contribution in [-0.2, 0) is 11.3 Å². The van der Waals surface area contributed by atoms with Crippen molar-refractivity contribution in [3.05, 3.63) is 22.6 Å². The number of carboxylic acid groups (broad SMARTS) is 1. The van der Waals surface area contributed by atoms with Crippen molar-refractivity contribution in [1.29, 1.82) is 0 Å². The first-order valence-electron chi connectivity index (χ1n) is 5.44. The van der Waals surface area contributed by atoms with Crippen molar-refractivity contribution in [2.75, 3.05) is 13.6 Å². The number of carboxylic acids is 1. The summed E-state index contributed by atoms with van der Waals surface area (Å²) in [6.45, 7) is 0.702. The normalized spacial score (nSPS) is 10.1. The minimum Gasteiger partial charge on any atom is -0.481 e. The maximum Gasteiger partial charge on any atom is 0.317 e. The Balaban J connectivity index is 2.26. The molecule has 0 saturated heterocycles. The van der Waals surface area contributed by atoms with Crippen molar-refractivity contribution >= 4 is 27.9 Å². The summed E-state index contributed by atoms with van der Waals surface area (Å²) in [6, 6.07) is 3.28. The molecule has 6 nitrogen and oxygen atoms in total. The van der Waals surface area contributed by atoms with E-state index in [0.717, 1.165) is 0 Å². The molecule has 100 valence electrons. The highest BCUT2D eigenvalue weighted by atomic mass is 79.9. The van der Waals surface area contributed by atoms with Gasteiger partial charge in [-0.3, -0.25) is 4.79 Å². The Morgan fingerprint density at radius 2 is 2.22 bits per heavy atom. The molecule has 0 bridgehead atoms. The fourth-order valence-electron chi connectivity index (χ4n) is 1.31. The van der Waals surface area contributed by atoms with Crippen molar-refractivity contribution in [2.24, 2.45) is 0 Å². The van der Waals surface area contributed by atoms with Crippen LogP contribution in [0.25, 0.3) is 0 Å². The number of urea groups is 1. The molecule has 1 rings (SSSR count). The smallest absolute Gasteiger partial charge is 0.317 e. The second kappa shape index (κ2) is 7.05. The van der Waals surface area contributed by atoms with Crippen LogP contribution in [0.5, 0.6) is 0 Å². The number of carbonyl (C=O) groups is 2. The Morgan fingerprint density at radius 3 is 2.78 bits per heavy atom. The lowest BCUT2D eigenvalue weighted by molar-refractivity contribution is -0.137. The molecule has 1 aromatic heterocycles. The molecule has 1 heterocycles. The van der Waals surface area contributed by atoms with Crippen LogP contribution in [0.4, 0.5) is 4.79 Å². The van der Waals surface area contributed by atoms with Gasteiger partial charge in [0.2, 0.25) is 0 Å². The van der Waals surface area contributed by atoms with Crippen LogP contribution in [-0.4, -0.2) is 35.6 Å². The highest BCUT2D eigenvalue weighted by Crippen LogP contribution is 2.15. The van der Waals surface area contributed by atoms with E-state index < -0.39 is 5.97 Å². The molecular formula is C11H15BrN2O4. The predicted octanol–water partition coefficient (Wildman–Crippen LogP) is 2.05. The molecule has 0 aromatic carbocycles. The Labute approximate surface area is 113 Å². The van der Waals surface area contributed by atoms with Gasteiger partial charge in [-0.1, -0.05) is 0 Å². The Morgan fingerprint density at radius 1 is 1.50 bits per heavy atom. The molecular weight excluding hydrogens is 304 g/mol. The van der Waals surface area contributed by atoms with E-state index in [1.807, 2.05) is 0 Å². The standard InChI is InChI=1S/C11H15BrN2O4/c1-14(7-8-4-5-9(12)18-8)11(17)13-6-2-3-10(15)16/h4-5H,2-3,6-7H2,1H3,(H,13,17)(H,15,16). The molecule has 0 unspecified atom stereocenters. The highest BCUT2D eigenvalue weighted by molar-refractivity contribution is 9.10. The monoisotopic (exact) mass is 318 g/mol. The van der Waals surface area contributed by atoms with Gasteiger partial charge in [-0.2, -0.15) is 0 Å². The Kier molecular flexibility index (Phi) is 5.70. The molecule has 0 aliphatic rings. The first-order chi connectivity index (χ1) is 8.49. The summed E-state index contributed by atoms with van der Waals surface area (Å²) in [5.41, 5.74) is 0. The van der Waals surface area contributed by atoms with Crippen LogP contribution in [0.15, 0.2) is 21.2 Å². The maximum atomic E-state index is 11.6. The first-order valence-corrected chi connectivity index (χ1v) is 6.23. The lowest BCUT2D eigenvalue weighted by Crippen LogP contribution is -2.37. The van der Waals surface area contributed by atoms with Gasteiger partial charge in [0.05, 0.1) is 6.54 Å². The van der Waals surface area contributed by atoms with Crippen molar-refractivity contribution in [3.63, 3.8) is 0 Å². The van der Waals surface area contributed by atoms with Crippen LogP contribution in [0.1, 0.15) is 18.6 Å². The van der Waals surface area contributed by atoms with E-state index in [-0.39, 0.29) is 12.5 Å². The molecule has 2 amide bonds. The molecule has 1 aromatic rings. The molecule has 2 N–H and O–H groups in total. The molecule has 0 fully saturated rings. The maximum absolute atomic E-state index is 11.6. The van der Waals surface area contributed by atoms with Gasteiger partial charge in [-0.05, 0) is 34.5 Å². The SMILES string of the molecule is CN(Cc1ccc(Br)o1)C(=O)NCCCC(=O)O. The summed E-state index contributed by atoms with van der Waals surface area (Å²) in [5.74, 6) is -0.192. The molecule has 0 spiro atoms. The number of hydrogen-bond acceptors (Lipinski definition) is 3. The van der Waals surface area contributed by atoms with Crippen molar-refractivity contribution in [3.8, 4) is 0 Å². The van der Waals surface area contributed by atoms with Gasteiger partial charge in [0.1, 0.15) is 5.76 Å². The second-order valence-corrected chi connectivity index (χ2v) is 4.57. The van der Waals surface area contributed by atoms with E-state index in [1.54, 1.807) is 19.2 Å². The molecule has 0 saturated carbocycles. The number of hydrogen-bond donors (Lipinski definition) is 2. The first kappa shape index (κ1) is 14.6. The third-order valence-electron chi connectivity index (χ3n) is 2.21.